The van der Waals surface area contributed by atoms with E-state index < -0.39 is 12.5 Å². The van der Waals surface area contributed by atoms with Crippen LogP contribution in [0.4, 0.5) is 8.78 Å². The summed E-state index contributed by atoms with van der Waals surface area (Å²) < 4.78 is 25.8. The minimum Gasteiger partial charge on any atom is -0.246 e. The van der Waals surface area contributed by atoms with Gasteiger partial charge in [0, 0.05) is 10.6 Å². The summed E-state index contributed by atoms with van der Waals surface area (Å²) in [5.41, 5.74) is 0.477. The molecule has 1 aromatic rings. The SMILES string of the molecule is CC(C)c1ccc(Cl)c(CF)c1F. The van der Waals surface area contributed by atoms with E-state index in [1.807, 2.05) is 13.8 Å². The van der Waals surface area contributed by atoms with Crippen molar-refractivity contribution < 1.29 is 8.78 Å². The summed E-state index contributed by atoms with van der Waals surface area (Å²) >= 11 is 5.63. The number of rotatable bonds is 2. The molecule has 0 saturated heterocycles. The number of halogens is 3. The minimum absolute atomic E-state index is 0.0344. The van der Waals surface area contributed by atoms with Crippen molar-refractivity contribution in [1.29, 1.82) is 0 Å². The van der Waals surface area contributed by atoms with Gasteiger partial charge in [-0.3, -0.25) is 0 Å². The summed E-state index contributed by atoms with van der Waals surface area (Å²) in [4.78, 5) is 0. The number of hydrogen-bond donors (Lipinski definition) is 0. The molecule has 0 unspecified atom stereocenters. The van der Waals surface area contributed by atoms with E-state index in [1.54, 1.807) is 6.07 Å². The van der Waals surface area contributed by atoms with Gasteiger partial charge in [-0.2, -0.15) is 0 Å². The fourth-order valence-corrected chi connectivity index (χ4v) is 1.38. The molecule has 1 aromatic carbocycles. The Hall–Kier alpha value is -0.630. The Morgan fingerprint density at radius 2 is 2.00 bits per heavy atom. The molecule has 0 radical (unpaired) electrons. The van der Waals surface area contributed by atoms with Crippen molar-refractivity contribution in [2.45, 2.75) is 26.4 Å². The van der Waals surface area contributed by atoms with Crippen LogP contribution in [0.1, 0.15) is 30.9 Å². The van der Waals surface area contributed by atoms with Crippen LogP contribution in [0.5, 0.6) is 0 Å². The van der Waals surface area contributed by atoms with Gasteiger partial charge >= 0.3 is 0 Å². The van der Waals surface area contributed by atoms with Crippen LogP contribution in [0.3, 0.4) is 0 Å². The van der Waals surface area contributed by atoms with Crippen molar-refractivity contribution in [3.05, 3.63) is 34.1 Å². The summed E-state index contributed by atoms with van der Waals surface area (Å²) in [6.07, 6.45) is 0. The van der Waals surface area contributed by atoms with E-state index in [1.165, 1.54) is 6.07 Å². The molecule has 0 aliphatic heterocycles. The zero-order chi connectivity index (χ0) is 10.0. The highest BCUT2D eigenvalue weighted by Crippen LogP contribution is 2.27. The van der Waals surface area contributed by atoms with Crippen LogP contribution in [-0.4, -0.2) is 0 Å². The fraction of sp³-hybridized carbons (Fsp3) is 0.400. The Labute approximate surface area is 81.5 Å². The fourth-order valence-electron chi connectivity index (χ4n) is 1.18. The first-order valence-electron chi connectivity index (χ1n) is 4.10. The van der Waals surface area contributed by atoms with Gasteiger partial charge in [-0.15, -0.1) is 0 Å². The second-order valence-corrected chi connectivity index (χ2v) is 3.62. The molecule has 1 rings (SSSR count). The lowest BCUT2D eigenvalue weighted by Crippen LogP contribution is -1.98. The smallest absolute Gasteiger partial charge is 0.133 e. The van der Waals surface area contributed by atoms with Crippen molar-refractivity contribution in [3.8, 4) is 0 Å². The van der Waals surface area contributed by atoms with Crippen LogP contribution < -0.4 is 0 Å². The molecule has 72 valence electrons. The molecule has 0 fully saturated rings. The lowest BCUT2D eigenvalue weighted by molar-refractivity contribution is 0.460. The van der Waals surface area contributed by atoms with Crippen LogP contribution in [0.25, 0.3) is 0 Å². The number of hydrogen-bond acceptors (Lipinski definition) is 0. The van der Waals surface area contributed by atoms with Crippen molar-refractivity contribution in [3.63, 3.8) is 0 Å². The van der Waals surface area contributed by atoms with Gasteiger partial charge in [0.2, 0.25) is 0 Å². The van der Waals surface area contributed by atoms with Crippen molar-refractivity contribution in [1.82, 2.24) is 0 Å². The van der Waals surface area contributed by atoms with Crippen LogP contribution in [0, 0.1) is 5.82 Å². The molecule has 0 bridgehead atoms. The Morgan fingerprint density at radius 1 is 1.38 bits per heavy atom. The van der Waals surface area contributed by atoms with Crippen LogP contribution in [0.2, 0.25) is 5.02 Å². The first kappa shape index (κ1) is 10.5. The maximum absolute atomic E-state index is 13.5. The molecule has 0 atom stereocenters. The average molecular weight is 205 g/mol. The molecule has 3 heteroatoms. The summed E-state index contributed by atoms with van der Waals surface area (Å²) in [7, 11) is 0. The molecule has 0 aliphatic carbocycles. The van der Waals surface area contributed by atoms with Gasteiger partial charge in [-0.25, -0.2) is 8.78 Å². The predicted octanol–water partition coefficient (Wildman–Crippen LogP) is 4.07. The Bertz CT molecular complexity index is 308. The summed E-state index contributed by atoms with van der Waals surface area (Å²) in [5, 5.41) is 0.157. The highest BCUT2D eigenvalue weighted by atomic mass is 35.5. The summed E-state index contributed by atoms with van der Waals surface area (Å²) in [5.74, 6) is -0.465. The maximum Gasteiger partial charge on any atom is 0.133 e. The standard InChI is InChI=1S/C10H11ClF2/c1-6(2)7-3-4-9(11)8(5-12)10(7)13/h3-4,6H,5H2,1-2H3. The van der Waals surface area contributed by atoms with E-state index in [4.69, 9.17) is 11.6 Å². The van der Waals surface area contributed by atoms with Gasteiger partial charge in [0.05, 0.1) is 0 Å². The third-order valence-corrected chi connectivity index (χ3v) is 2.33. The average Bonchev–Trinajstić information content (AvgIpc) is 2.04. The molecule has 13 heavy (non-hydrogen) atoms. The molecule has 0 heterocycles. The van der Waals surface area contributed by atoms with E-state index in [0.717, 1.165) is 0 Å². The van der Waals surface area contributed by atoms with Crippen molar-refractivity contribution in [2.24, 2.45) is 0 Å². The predicted molar refractivity (Wildman–Crippen MR) is 50.3 cm³/mol. The second kappa shape index (κ2) is 4.05. The van der Waals surface area contributed by atoms with Crippen LogP contribution in [0.15, 0.2) is 12.1 Å². The lowest BCUT2D eigenvalue weighted by atomic mass is 10.0. The normalized spacial score (nSPS) is 10.9. The highest BCUT2D eigenvalue weighted by Gasteiger charge is 2.13. The third-order valence-electron chi connectivity index (χ3n) is 1.97. The van der Waals surface area contributed by atoms with Gasteiger partial charge in [0.15, 0.2) is 0 Å². The molecule has 0 amide bonds. The Balaban J connectivity index is 3.27. The molecule has 0 spiro atoms. The lowest BCUT2D eigenvalue weighted by Gasteiger charge is -2.10. The molecular weight excluding hydrogens is 194 g/mol. The van der Waals surface area contributed by atoms with E-state index >= 15 is 0 Å². The maximum atomic E-state index is 13.5. The zero-order valence-corrected chi connectivity index (χ0v) is 8.33. The largest absolute Gasteiger partial charge is 0.246 e. The van der Waals surface area contributed by atoms with Crippen LogP contribution >= 0.6 is 11.6 Å². The molecular formula is C10H11ClF2. The minimum atomic E-state index is -0.856. The number of benzene rings is 1. The van der Waals surface area contributed by atoms with Crippen molar-refractivity contribution >= 4 is 11.6 Å². The Morgan fingerprint density at radius 3 is 2.46 bits per heavy atom. The van der Waals surface area contributed by atoms with Gasteiger partial charge in [-0.05, 0) is 17.5 Å². The van der Waals surface area contributed by atoms with E-state index in [0.29, 0.717) is 5.56 Å². The number of alkyl halides is 1. The first-order valence-corrected chi connectivity index (χ1v) is 4.48. The second-order valence-electron chi connectivity index (χ2n) is 3.22. The van der Waals surface area contributed by atoms with Crippen molar-refractivity contribution in [2.75, 3.05) is 0 Å². The van der Waals surface area contributed by atoms with E-state index in [9.17, 15) is 8.78 Å². The van der Waals surface area contributed by atoms with Crippen LogP contribution in [-0.2, 0) is 6.67 Å². The third kappa shape index (κ3) is 1.99. The topological polar surface area (TPSA) is 0 Å². The van der Waals surface area contributed by atoms with E-state index in [-0.39, 0.29) is 16.5 Å². The van der Waals surface area contributed by atoms with Gasteiger partial charge in [-0.1, -0.05) is 31.5 Å². The monoisotopic (exact) mass is 204 g/mol. The summed E-state index contributed by atoms with van der Waals surface area (Å²) in [6, 6.07) is 3.14. The quantitative estimate of drug-likeness (QED) is 0.681. The van der Waals surface area contributed by atoms with Gasteiger partial charge in [0.1, 0.15) is 12.5 Å². The first-order chi connectivity index (χ1) is 6.07. The van der Waals surface area contributed by atoms with Gasteiger partial charge < -0.3 is 0 Å². The molecule has 0 nitrogen and oxygen atoms in total. The Kier molecular flexibility index (Phi) is 3.26. The highest BCUT2D eigenvalue weighted by molar-refractivity contribution is 6.31. The zero-order valence-electron chi connectivity index (χ0n) is 7.57. The summed E-state index contributed by atoms with van der Waals surface area (Å²) in [6.45, 7) is 2.86. The molecule has 0 aromatic heterocycles. The van der Waals surface area contributed by atoms with Gasteiger partial charge in [0.25, 0.3) is 0 Å². The molecule has 0 aliphatic rings. The molecule has 0 saturated carbocycles. The molecule has 0 N–H and O–H groups in total. The van der Waals surface area contributed by atoms with E-state index in [2.05, 4.69) is 0 Å².